The normalized spacial score (nSPS) is 11.7. The van der Waals surface area contributed by atoms with Crippen LogP contribution in [0.1, 0.15) is 18.9 Å². The molecule has 0 aliphatic rings. The van der Waals surface area contributed by atoms with Crippen molar-refractivity contribution in [3.05, 3.63) is 42.0 Å². The fourth-order valence-electron chi connectivity index (χ4n) is 1.93. The van der Waals surface area contributed by atoms with Crippen molar-refractivity contribution in [3.8, 4) is 17.4 Å². The Balaban J connectivity index is 2.12. The van der Waals surface area contributed by atoms with Crippen molar-refractivity contribution >= 4 is 11.7 Å². The number of amides is 1. The second-order valence-corrected chi connectivity index (χ2v) is 5.10. The number of rotatable bonds is 6. The number of hydrogen-bond donors (Lipinski definition) is 2. The Morgan fingerprint density at radius 3 is 2.83 bits per heavy atom. The second-order valence-electron chi connectivity index (χ2n) is 5.10. The third-order valence-corrected chi connectivity index (χ3v) is 3.35. The molecule has 2 rings (SSSR count). The van der Waals surface area contributed by atoms with Crippen LogP contribution in [0.5, 0.6) is 17.4 Å². The summed E-state index contributed by atoms with van der Waals surface area (Å²) in [4.78, 5) is 16.1. The summed E-state index contributed by atoms with van der Waals surface area (Å²) in [6.45, 7) is 3.80. The Hall–Kier alpha value is -2.60. The van der Waals surface area contributed by atoms with Crippen molar-refractivity contribution in [1.29, 1.82) is 0 Å². The summed E-state index contributed by atoms with van der Waals surface area (Å²) in [6.07, 6.45) is 0.561. The van der Waals surface area contributed by atoms with Gasteiger partial charge in [-0.2, -0.15) is 4.98 Å². The third kappa shape index (κ3) is 4.43. The lowest BCUT2D eigenvalue weighted by Crippen LogP contribution is -2.35. The van der Waals surface area contributed by atoms with Gasteiger partial charge in [0.1, 0.15) is 17.3 Å². The van der Waals surface area contributed by atoms with Gasteiger partial charge in [-0.1, -0.05) is 19.1 Å². The minimum atomic E-state index is -0.553. The van der Waals surface area contributed by atoms with Crippen LogP contribution in [0.15, 0.2) is 36.4 Å². The van der Waals surface area contributed by atoms with Gasteiger partial charge in [0, 0.05) is 12.1 Å². The van der Waals surface area contributed by atoms with Gasteiger partial charge in [0.05, 0.1) is 13.2 Å². The van der Waals surface area contributed by atoms with Crippen LogP contribution in [0.3, 0.4) is 0 Å². The smallest absolute Gasteiger partial charge is 0.242 e. The number of hydrogen-bond acceptors (Lipinski definition) is 5. The lowest BCUT2D eigenvalue weighted by molar-refractivity contribution is -0.117. The van der Waals surface area contributed by atoms with E-state index in [1.165, 1.54) is 0 Å². The zero-order valence-electron chi connectivity index (χ0n) is 13.5. The first-order chi connectivity index (χ1) is 11.0. The first-order valence-electron chi connectivity index (χ1n) is 7.39. The van der Waals surface area contributed by atoms with Gasteiger partial charge in [0.15, 0.2) is 0 Å². The van der Waals surface area contributed by atoms with Crippen molar-refractivity contribution in [1.82, 2.24) is 4.98 Å². The van der Waals surface area contributed by atoms with Crippen LogP contribution in [-0.4, -0.2) is 24.0 Å². The Kier molecular flexibility index (Phi) is 5.54. The maximum Gasteiger partial charge on any atom is 0.242 e. The van der Waals surface area contributed by atoms with Gasteiger partial charge < -0.3 is 20.5 Å². The van der Waals surface area contributed by atoms with E-state index in [1.807, 2.05) is 26.0 Å². The summed E-state index contributed by atoms with van der Waals surface area (Å²) < 4.78 is 11.0. The highest BCUT2D eigenvalue weighted by molar-refractivity contribution is 5.93. The third-order valence-electron chi connectivity index (χ3n) is 3.35. The Morgan fingerprint density at radius 2 is 2.13 bits per heavy atom. The minimum Gasteiger partial charge on any atom is -0.496 e. The fraction of sp³-hybridized carbons (Fsp3) is 0.294. The van der Waals surface area contributed by atoms with Crippen molar-refractivity contribution < 1.29 is 14.3 Å². The number of aromatic nitrogens is 1. The number of anilines is 1. The quantitative estimate of drug-likeness (QED) is 0.856. The van der Waals surface area contributed by atoms with Gasteiger partial charge in [-0.25, -0.2) is 0 Å². The molecule has 1 amide bonds. The van der Waals surface area contributed by atoms with Gasteiger partial charge >= 0.3 is 0 Å². The average molecular weight is 315 g/mol. The van der Waals surface area contributed by atoms with Crippen LogP contribution in [0.25, 0.3) is 0 Å². The number of methoxy groups -OCH3 is 1. The summed E-state index contributed by atoms with van der Waals surface area (Å²) in [5.41, 5.74) is 6.70. The van der Waals surface area contributed by atoms with E-state index < -0.39 is 6.04 Å². The van der Waals surface area contributed by atoms with E-state index in [0.29, 0.717) is 23.9 Å². The molecule has 1 aromatic heterocycles. The van der Waals surface area contributed by atoms with Gasteiger partial charge in [0.2, 0.25) is 11.8 Å². The molecule has 6 nitrogen and oxygen atoms in total. The molecule has 1 atom stereocenters. The number of nitrogens with zero attached hydrogens (tertiary/aromatic N) is 1. The van der Waals surface area contributed by atoms with E-state index in [9.17, 15) is 4.79 Å². The molecule has 0 spiro atoms. The largest absolute Gasteiger partial charge is 0.496 e. The number of ether oxygens (including phenoxy) is 2. The van der Waals surface area contributed by atoms with E-state index in [2.05, 4.69) is 10.3 Å². The number of pyridine rings is 1. The predicted molar refractivity (Wildman–Crippen MR) is 88.9 cm³/mol. The zero-order valence-corrected chi connectivity index (χ0v) is 13.5. The van der Waals surface area contributed by atoms with E-state index in [1.54, 1.807) is 31.4 Å². The first-order valence-corrected chi connectivity index (χ1v) is 7.39. The molecule has 0 radical (unpaired) electrons. The molecule has 3 N–H and O–H groups in total. The molecular weight excluding hydrogens is 294 g/mol. The molecule has 122 valence electrons. The topological polar surface area (TPSA) is 86.5 Å². The Labute approximate surface area is 135 Å². The van der Waals surface area contributed by atoms with Gasteiger partial charge in [-0.3, -0.25) is 4.79 Å². The fourth-order valence-corrected chi connectivity index (χ4v) is 1.93. The molecule has 23 heavy (non-hydrogen) atoms. The molecule has 1 heterocycles. The van der Waals surface area contributed by atoms with E-state index >= 15 is 0 Å². The molecule has 0 saturated carbocycles. The minimum absolute atomic E-state index is 0.269. The summed E-state index contributed by atoms with van der Waals surface area (Å²) in [6, 6.07) is 10.1. The molecule has 6 heteroatoms. The van der Waals surface area contributed by atoms with Gasteiger partial charge in [0.25, 0.3) is 0 Å². The van der Waals surface area contributed by atoms with Crippen LogP contribution in [0, 0.1) is 6.92 Å². The highest BCUT2D eigenvalue weighted by Gasteiger charge is 2.12. The molecule has 0 unspecified atom stereocenters. The number of carbonyl (C=O) groups excluding carboxylic acids is 1. The molecule has 0 aliphatic heterocycles. The number of nitrogens with one attached hydrogen (secondary N) is 1. The van der Waals surface area contributed by atoms with Crippen molar-refractivity contribution in [2.45, 2.75) is 26.3 Å². The van der Waals surface area contributed by atoms with Crippen LogP contribution >= 0.6 is 0 Å². The number of carbonyl (C=O) groups is 1. The van der Waals surface area contributed by atoms with E-state index in [0.717, 1.165) is 11.3 Å². The highest BCUT2D eigenvalue weighted by atomic mass is 16.5. The highest BCUT2D eigenvalue weighted by Crippen LogP contribution is 2.27. The van der Waals surface area contributed by atoms with E-state index in [4.69, 9.17) is 15.2 Å². The van der Waals surface area contributed by atoms with Gasteiger partial charge in [-0.05, 0) is 31.0 Å². The zero-order chi connectivity index (χ0) is 16.8. The molecular formula is C17H21N3O3. The first kappa shape index (κ1) is 16.8. The van der Waals surface area contributed by atoms with Crippen molar-refractivity contribution in [3.63, 3.8) is 0 Å². The molecule has 0 aliphatic carbocycles. The summed E-state index contributed by atoms with van der Waals surface area (Å²) in [7, 11) is 1.61. The Morgan fingerprint density at radius 1 is 1.35 bits per heavy atom. The lowest BCUT2D eigenvalue weighted by atomic mass is 10.2. The monoisotopic (exact) mass is 315 g/mol. The van der Waals surface area contributed by atoms with Crippen LogP contribution < -0.4 is 20.5 Å². The number of benzene rings is 1. The maximum absolute atomic E-state index is 11.8. The average Bonchev–Trinajstić information content (AvgIpc) is 2.56. The van der Waals surface area contributed by atoms with Crippen LogP contribution in [0.4, 0.5) is 5.82 Å². The maximum atomic E-state index is 11.8. The summed E-state index contributed by atoms with van der Waals surface area (Å²) in [5.74, 6) is 1.85. The lowest BCUT2D eigenvalue weighted by Gasteiger charge is -2.11. The van der Waals surface area contributed by atoms with Crippen LogP contribution in [-0.2, 0) is 4.79 Å². The Bertz CT molecular complexity index is 689. The standard InChI is InChI=1S/C17H21N3O3/c1-4-13(18)17(21)20-15-6-5-7-16(19-15)23-12-9-8-11(2)14(10-12)22-3/h5-10,13H,4,18H2,1-3H3,(H,19,20,21)/t13-/m1/s1. The van der Waals surface area contributed by atoms with Crippen molar-refractivity contribution in [2.75, 3.05) is 12.4 Å². The van der Waals surface area contributed by atoms with Crippen LogP contribution in [0.2, 0.25) is 0 Å². The molecule has 1 aromatic carbocycles. The SMILES string of the molecule is CC[C@@H](N)C(=O)Nc1cccc(Oc2ccc(C)c(OC)c2)n1. The molecule has 0 saturated heterocycles. The van der Waals surface area contributed by atoms with E-state index in [-0.39, 0.29) is 5.91 Å². The molecule has 0 bridgehead atoms. The predicted octanol–water partition coefficient (Wildman–Crippen LogP) is 2.87. The molecule has 2 aromatic rings. The van der Waals surface area contributed by atoms with Crippen molar-refractivity contribution in [2.24, 2.45) is 5.73 Å². The van der Waals surface area contributed by atoms with Gasteiger partial charge in [-0.15, -0.1) is 0 Å². The number of nitrogens with two attached hydrogens (primary N) is 1. The number of aryl methyl sites for hydroxylation is 1. The summed E-state index contributed by atoms with van der Waals surface area (Å²) in [5, 5.41) is 2.67. The second kappa shape index (κ2) is 7.60. The summed E-state index contributed by atoms with van der Waals surface area (Å²) >= 11 is 0. The molecule has 0 fully saturated rings.